The lowest BCUT2D eigenvalue weighted by molar-refractivity contribution is 0.142. The number of nitrogens with zero attached hydrogens (tertiary/aromatic N) is 3. The molecule has 2 amide bonds. The van der Waals surface area contributed by atoms with Gasteiger partial charge < -0.3 is 30.3 Å². The first-order valence-electron chi connectivity index (χ1n) is 11.7. The first-order chi connectivity index (χ1) is 18.9. The van der Waals surface area contributed by atoms with Gasteiger partial charge in [-0.15, -0.1) is 0 Å². The number of anilines is 3. The highest BCUT2D eigenvalue weighted by Gasteiger charge is 2.21. The summed E-state index contributed by atoms with van der Waals surface area (Å²) >= 11 is 5.91. The number of carbonyl (C=O) groups excluding carboxylic acids is 1. The Morgan fingerprint density at radius 2 is 2.05 bits per heavy atom. The minimum absolute atomic E-state index is 0.0481. The molecule has 0 bridgehead atoms. The topological polar surface area (TPSA) is 150 Å². The van der Waals surface area contributed by atoms with Crippen molar-refractivity contribution in [1.29, 1.82) is 0 Å². The Morgan fingerprint density at radius 1 is 1.18 bits per heavy atom. The fraction of sp³-hybridized carbons (Fsp3) is 0.154. The molecule has 0 spiro atoms. The molecule has 5 rings (SSSR count). The Bertz CT molecular complexity index is 1560. The van der Waals surface area contributed by atoms with Gasteiger partial charge in [-0.25, -0.2) is 24.6 Å². The molecule has 2 heterocycles. The van der Waals surface area contributed by atoms with E-state index in [0.29, 0.717) is 53.5 Å². The van der Waals surface area contributed by atoms with E-state index in [1.807, 2.05) is 0 Å². The summed E-state index contributed by atoms with van der Waals surface area (Å²) in [4.78, 5) is 21.3. The highest BCUT2D eigenvalue weighted by Crippen LogP contribution is 2.35. The lowest BCUT2D eigenvalue weighted by atomic mass is 10.1. The second-order valence-corrected chi connectivity index (χ2v) is 8.92. The number of benzene rings is 3. The first-order valence-corrected chi connectivity index (χ1v) is 12.1. The number of phenolic OH excluding ortho intramolecular Hbond substituents is 2. The van der Waals surface area contributed by atoms with E-state index in [1.165, 1.54) is 42.9 Å². The van der Waals surface area contributed by atoms with Gasteiger partial charge in [0.2, 0.25) is 0 Å². The molecule has 1 aliphatic rings. The summed E-state index contributed by atoms with van der Waals surface area (Å²) in [7, 11) is 0. The van der Waals surface area contributed by atoms with Crippen LogP contribution in [-0.2, 0) is 4.74 Å². The smallest absolute Gasteiger partial charge is 0.339 e. The molecule has 1 aromatic heterocycles. The normalized spacial score (nSPS) is 15.0. The van der Waals surface area contributed by atoms with Gasteiger partial charge in [-0.05, 0) is 36.4 Å². The van der Waals surface area contributed by atoms with E-state index in [2.05, 4.69) is 31.1 Å². The van der Waals surface area contributed by atoms with Gasteiger partial charge in [0.15, 0.2) is 0 Å². The maximum absolute atomic E-state index is 13.6. The van der Waals surface area contributed by atoms with Crippen LogP contribution in [0.3, 0.4) is 0 Å². The Balaban J connectivity index is 1.42. The molecule has 1 atom stereocenters. The number of rotatable bonds is 7. The second kappa shape index (κ2) is 11.4. The molecule has 13 heteroatoms. The fourth-order valence-electron chi connectivity index (χ4n) is 3.83. The second-order valence-electron chi connectivity index (χ2n) is 8.51. The van der Waals surface area contributed by atoms with Crippen molar-refractivity contribution >= 4 is 51.9 Å². The zero-order valence-electron chi connectivity index (χ0n) is 20.2. The summed E-state index contributed by atoms with van der Waals surface area (Å²) in [5.41, 5.74) is 3.96. The monoisotopic (exact) mass is 552 g/mol. The van der Waals surface area contributed by atoms with Crippen LogP contribution in [0.15, 0.2) is 60.0 Å². The van der Waals surface area contributed by atoms with Crippen LogP contribution in [-0.4, -0.2) is 51.7 Å². The minimum Gasteiger partial charge on any atom is -0.508 e. The molecular formula is C26H22ClFN6O5. The van der Waals surface area contributed by atoms with Crippen LogP contribution in [0.1, 0.15) is 12.0 Å². The van der Waals surface area contributed by atoms with Gasteiger partial charge in [-0.1, -0.05) is 11.6 Å². The van der Waals surface area contributed by atoms with Gasteiger partial charge in [0.05, 0.1) is 35.7 Å². The molecule has 4 aromatic rings. The zero-order chi connectivity index (χ0) is 27.4. The van der Waals surface area contributed by atoms with Crippen molar-refractivity contribution in [3.63, 3.8) is 0 Å². The third-order valence-electron chi connectivity index (χ3n) is 5.73. The molecule has 1 aliphatic heterocycles. The molecular weight excluding hydrogens is 531 g/mol. The summed E-state index contributed by atoms with van der Waals surface area (Å²) in [6.07, 6.45) is 3.07. The summed E-state index contributed by atoms with van der Waals surface area (Å²) in [6.45, 7) is 0.975. The van der Waals surface area contributed by atoms with Crippen LogP contribution < -0.4 is 20.8 Å². The van der Waals surface area contributed by atoms with Crippen LogP contribution in [0.25, 0.3) is 10.9 Å². The molecule has 0 radical (unpaired) electrons. The standard InChI is InChI=1S/C26H22ClFN6O5/c27-19-7-15(2-4-20(19)28)32-25-18-9-22(24(10-21(18)29-13-30-25)39-17-5-6-38-12-17)33-26(37)34-31-11-14-1-3-16(35)8-23(14)36/h1-4,7-11,13,17,35-36H,5-6,12H2,(H,29,30,32)(H2,33,34,37)/b31-11+/t17-/m0/s1. The SMILES string of the molecule is O=C(N/N=C/c1ccc(O)cc1O)Nc1cc2c(Nc3ccc(F)c(Cl)c3)ncnc2cc1O[C@H]1CCOC1. The number of hydrogen-bond acceptors (Lipinski definition) is 9. The molecule has 0 saturated carbocycles. The lowest BCUT2D eigenvalue weighted by Gasteiger charge is -2.18. The Labute approximate surface area is 226 Å². The maximum Gasteiger partial charge on any atom is 0.339 e. The van der Waals surface area contributed by atoms with Crippen LogP contribution in [0.4, 0.5) is 26.4 Å². The fourth-order valence-corrected chi connectivity index (χ4v) is 4.01. The number of phenols is 2. The van der Waals surface area contributed by atoms with Gasteiger partial charge in [-0.3, -0.25) is 0 Å². The molecule has 5 N–H and O–H groups in total. The van der Waals surface area contributed by atoms with E-state index in [4.69, 9.17) is 21.1 Å². The van der Waals surface area contributed by atoms with Crippen molar-refractivity contribution < 1.29 is 28.9 Å². The maximum atomic E-state index is 13.6. The molecule has 200 valence electrons. The van der Waals surface area contributed by atoms with E-state index in [9.17, 15) is 19.4 Å². The molecule has 0 aliphatic carbocycles. The number of carbonyl (C=O) groups is 1. The predicted molar refractivity (Wildman–Crippen MR) is 144 cm³/mol. The third-order valence-corrected chi connectivity index (χ3v) is 6.02. The Kier molecular flexibility index (Phi) is 7.57. The van der Waals surface area contributed by atoms with Gasteiger partial charge in [0.25, 0.3) is 0 Å². The number of halogens is 2. The summed E-state index contributed by atoms with van der Waals surface area (Å²) in [5.74, 6) is -0.0987. The predicted octanol–water partition coefficient (Wildman–Crippen LogP) is 4.90. The number of ether oxygens (including phenoxy) is 2. The molecule has 1 saturated heterocycles. The summed E-state index contributed by atoms with van der Waals surface area (Å²) in [5, 5.41) is 29.4. The lowest BCUT2D eigenvalue weighted by Crippen LogP contribution is -2.25. The number of hydrogen-bond donors (Lipinski definition) is 5. The van der Waals surface area contributed by atoms with E-state index >= 15 is 0 Å². The third kappa shape index (κ3) is 6.25. The molecule has 3 aromatic carbocycles. The Morgan fingerprint density at radius 3 is 2.82 bits per heavy atom. The van der Waals surface area contributed by atoms with Crippen molar-refractivity contribution in [3.8, 4) is 17.2 Å². The van der Waals surface area contributed by atoms with Crippen LogP contribution in [0, 0.1) is 5.82 Å². The number of amides is 2. The van der Waals surface area contributed by atoms with Crippen LogP contribution >= 0.6 is 11.6 Å². The van der Waals surface area contributed by atoms with Gasteiger partial charge in [0, 0.05) is 35.2 Å². The average Bonchev–Trinajstić information content (AvgIpc) is 3.41. The van der Waals surface area contributed by atoms with Gasteiger partial charge in [-0.2, -0.15) is 5.10 Å². The molecule has 1 fully saturated rings. The van der Waals surface area contributed by atoms with E-state index < -0.39 is 11.8 Å². The van der Waals surface area contributed by atoms with Gasteiger partial charge in [0.1, 0.15) is 41.3 Å². The number of urea groups is 1. The average molecular weight is 553 g/mol. The van der Waals surface area contributed by atoms with Crippen LogP contribution in [0.5, 0.6) is 17.2 Å². The van der Waals surface area contributed by atoms with E-state index in [0.717, 1.165) is 6.07 Å². The van der Waals surface area contributed by atoms with E-state index in [-0.39, 0.29) is 28.2 Å². The van der Waals surface area contributed by atoms with Crippen molar-refractivity contribution in [2.45, 2.75) is 12.5 Å². The molecule has 11 nitrogen and oxygen atoms in total. The van der Waals surface area contributed by atoms with Crippen molar-refractivity contribution in [2.24, 2.45) is 5.10 Å². The largest absolute Gasteiger partial charge is 0.508 e. The quantitative estimate of drug-likeness (QED) is 0.160. The van der Waals surface area contributed by atoms with Crippen molar-refractivity contribution in [3.05, 3.63) is 71.3 Å². The van der Waals surface area contributed by atoms with Crippen molar-refractivity contribution in [2.75, 3.05) is 23.8 Å². The number of aromatic nitrogens is 2. The zero-order valence-corrected chi connectivity index (χ0v) is 20.9. The highest BCUT2D eigenvalue weighted by molar-refractivity contribution is 6.31. The Hall–Kier alpha value is -4.68. The highest BCUT2D eigenvalue weighted by atomic mass is 35.5. The number of aromatic hydroxyl groups is 2. The number of hydrazone groups is 1. The van der Waals surface area contributed by atoms with Gasteiger partial charge >= 0.3 is 6.03 Å². The first kappa shape index (κ1) is 25.9. The number of nitrogens with one attached hydrogen (secondary N) is 3. The number of fused-ring (bicyclic) bond motifs is 1. The summed E-state index contributed by atoms with van der Waals surface area (Å²) in [6, 6.07) is 10.8. The van der Waals surface area contributed by atoms with E-state index in [1.54, 1.807) is 12.1 Å². The van der Waals surface area contributed by atoms with Crippen LogP contribution in [0.2, 0.25) is 5.02 Å². The van der Waals surface area contributed by atoms with Crippen molar-refractivity contribution in [1.82, 2.24) is 15.4 Å². The molecule has 0 unspecified atom stereocenters. The summed E-state index contributed by atoms with van der Waals surface area (Å²) < 4.78 is 25.1. The molecule has 39 heavy (non-hydrogen) atoms. The minimum atomic E-state index is -0.687.